The summed E-state index contributed by atoms with van der Waals surface area (Å²) in [7, 11) is 0. The van der Waals surface area contributed by atoms with E-state index >= 15 is 0 Å². The van der Waals surface area contributed by atoms with E-state index in [1.54, 1.807) is 0 Å². The predicted octanol–water partition coefficient (Wildman–Crippen LogP) is 2.10. The molecule has 2 saturated heterocycles. The van der Waals surface area contributed by atoms with Crippen LogP contribution in [-0.4, -0.2) is 81.2 Å². The number of nitrogens with one attached hydrogen (secondary N) is 1. The third-order valence-corrected chi connectivity index (χ3v) is 7.27. The Labute approximate surface area is 184 Å². The smallest absolute Gasteiger partial charge is 0.251 e. The van der Waals surface area contributed by atoms with Crippen LogP contribution in [0.3, 0.4) is 0 Å². The summed E-state index contributed by atoms with van der Waals surface area (Å²) in [6, 6.07) is 8.73. The van der Waals surface area contributed by atoms with Crippen LogP contribution in [0.15, 0.2) is 24.3 Å². The molecule has 1 aromatic carbocycles. The second kappa shape index (κ2) is 9.86. The molecule has 1 N–H and O–H groups in total. The lowest BCUT2D eigenvalue weighted by Crippen LogP contribution is -2.52. The molecule has 0 radical (unpaired) electrons. The molecule has 170 valence electrons. The zero-order valence-electron chi connectivity index (χ0n) is 18.2. The first-order chi connectivity index (χ1) is 15.3. The third kappa shape index (κ3) is 4.90. The number of carbonyl (C=O) groups is 1. The summed E-state index contributed by atoms with van der Waals surface area (Å²) in [6.45, 7) is 4.41. The Morgan fingerprint density at radius 3 is 2.65 bits per heavy atom. The molecule has 7 nitrogen and oxygen atoms in total. The molecule has 3 fully saturated rings. The van der Waals surface area contributed by atoms with E-state index < -0.39 is 6.10 Å². The average molecular weight is 431 g/mol. The predicted molar refractivity (Wildman–Crippen MR) is 115 cm³/mol. The van der Waals surface area contributed by atoms with Crippen LogP contribution < -0.4 is 10.1 Å². The van der Waals surface area contributed by atoms with E-state index in [2.05, 4.69) is 34.5 Å². The minimum absolute atomic E-state index is 0.0618. The molecule has 7 heteroatoms. The Bertz CT molecular complexity index is 745. The van der Waals surface area contributed by atoms with Gasteiger partial charge in [-0.25, -0.2) is 0 Å². The van der Waals surface area contributed by atoms with Crippen molar-refractivity contribution in [3.63, 3.8) is 0 Å². The van der Waals surface area contributed by atoms with E-state index in [4.69, 9.17) is 18.9 Å². The zero-order chi connectivity index (χ0) is 21.0. The summed E-state index contributed by atoms with van der Waals surface area (Å²) < 4.78 is 23.7. The highest BCUT2D eigenvalue weighted by atomic mass is 16.6. The number of para-hydroxylation sites is 1. The first-order valence-electron chi connectivity index (χ1n) is 11.8. The van der Waals surface area contributed by atoms with E-state index in [0.29, 0.717) is 45.1 Å². The Kier molecular flexibility index (Phi) is 6.74. The monoisotopic (exact) mass is 430 g/mol. The number of ether oxygens (including phenoxy) is 4. The van der Waals surface area contributed by atoms with E-state index in [9.17, 15) is 4.79 Å². The minimum atomic E-state index is -0.506. The number of benzene rings is 1. The van der Waals surface area contributed by atoms with Crippen LogP contribution in [-0.2, 0) is 19.0 Å². The summed E-state index contributed by atoms with van der Waals surface area (Å²) in [4.78, 5) is 15.1. The van der Waals surface area contributed by atoms with Gasteiger partial charge in [0.1, 0.15) is 12.4 Å². The molecule has 5 aliphatic rings. The number of nitrogens with zero attached hydrogens (tertiary/aromatic N) is 1. The van der Waals surface area contributed by atoms with Crippen LogP contribution in [0.4, 0.5) is 0 Å². The highest BCUT2D eigenvalue weighted by molar-refractivity contribution is 5.81. The van der Waals surface area contributed by atoms with E-state index in [1.807, 2.05) is 0 Å². The van der Waals surface area contributed by atoms with Gasteiger partial charge in [-0.3, -0.25) is 9.69 Å². The SMILES string of the molecule is O=C(N[C@H]1CCN2CCOc3ccccc3C3CCC(CC3)OCC12)C1COCCO1. The van der Waals surface area contributed by atoms with Crippen molar-refractivity contribution in [2.45, 2.75) is 62.3 Å². The van der Waals surface area contributed by atoms with Gasteiger partial charge in [-0.1, -0.05) is 18.2 Å². The third-order valence-electron chi connectivity index (χ3n) is 7.27. The summed E-state index contributed by atoms with van der Waals surface area (Å²) in [6.07, 6.45) is 5.15. The Morgan fingerprint density at radius 1 is 0.935 bits per heavy atom. The van der Waals surface area contributed by atoms with Gasteiger partial charge in [0.25, 0.3) is 5.91 Å². The van der Waals surface area contributed by atoms with Crippen LogP contribution in [0.2, 0.25) is 0 Å². The largest absolute Gasteiger partial charge is 0.492 e. The van der Waals surface area contributed by atoms with E-state index in [-0.39, 0.29) is 18.0 Å². The normalized spacial score (nSPS) is 34.4. The minimum Gasteiger partial charge on any atom is -0.492 e. The molecule has 0 aromatic heterocycles. The van der Waals surface area contributed by atoms with Gasteiger partial charge in [0.2, 0.25) is 0 Å². The molecule has 3 atom stereocenters. The maximum atomic E-state index is 12.7. The molecule has 6 rings (SSSR count). The molecule has 1 aliphatic carbocycles. The van der Waals surface area contributed by atoms with Crippen molar-refractivity contribution in [3.8, 4) is 5.75 Å². The Hall–Kier alpha value is -1.67. The fraction of sp³-hybridized carbons (Fsp3) is 0.708. The molecule has 4 aliphatic heterocycles. The second-order valence-electron chi connectivity index (χ2n) is 9.13. The summed E-state index contributed by atoms with van der Waals surface area (Å²) in [5, 5.41) is 3.22. The molecular weight excluding hydrogens is 396 g/mol. The molecule has 0 spiro atoms. The van der Waals surface area contributed by atoms with Crippen LogP contribution >= 0.6 is 0 Å². The molecule has 1 amide bonds. The van der Waals surface area contributed by atoms with Gasteiger partial charge < -0.3 is 24.3 Å². The summed E-state index contributed by atoms with van der Waals surface area (Å²) in [5.41, 5.74) is 1.35. The number of hydrogen-bond acceptors (Lipinski definition) is 6. The molecule has 2 bridgehead atoms. The topological polar surface area (TPSA) is 69.3 Å². The van der Waals surface area contributed by atoms with Gasteiger partial charge in [-0.2, -0.15) is 0 Å². The molecular formula is C24H34N2O5. The van der Waals surface area contributed by atoms with Gasteiger partial charge in [0.15, 0.2) is 6.10 Å². The molecule has 1 aromatic rings. The second-order valence-corrected chi connectivity index (χ2v) is 9.13. The number of rotatable bonds is 2. The van der Waals surface area contributed by atoms with Gasteiger partial charge in [0, 0.05) is 19.1 Å². The highest BCUT2D eigenvalue weighted by Crippen LogP contribution is 2.38. The van der Waals surface area contributed by atoms with Crippen molar-refractivity contribution in [2.24, 2.45) is 0 Å². The fourth-order valence-corrected chi connectivity index (χ4v) is 5.50. The van der Waals surface area contributed by atoms with Crippen molar-refractivity contribution < 1.29 is 23.7 Å². The lowest BCUT2D eigenvalue weighted by Gasteiger charge is -2.33. The Balaban J connectivity index is 1.28. The van der Waals surface area contributed by atoms with Crippen LogP contribution in [0.1, 0.15) is 43.6 Å². The van der Waals surface area contributed by atoms with E-state index in [1.165, 1.54) is 5.56 Å². The van der Waals surface area contributed by atoms with Crippen LogP contribution in [0.25, 0.3) is 0 Å². The summed E-state index contributed by atoms with van der Waals surface area (Å²) in [5.74, 6) is 1.52. The average Bonchev–Trinajstić information content (AvgIpc) is 3.20. The van der Waals surface area contributed by atoms with Crippen molar-refractivity contribution in [1.29, 1.82) is 0 Å². The molecule has 1 saturated carbocycles. The quantitative estimate of drug-likeness (QED) is 0.775. The van der Waals surface area contributed by atoms with Crippen molar-refractivity contribution in [3.05, 3.63) is 29.8 Å². The van der Waals surface area contributed by atoms with Crippen molar-refractivity contribution in [2.75, 3.05) is 46.1 Å². The number of carbonyl (C=O) groups excluding carboxylic acids is 1. The maximum absolute atomic E-state index is 12.7. The lowest BCUT2D eigenvalue weighted by molar-refractivity contribution is -0.148. The highest BCUT2D eigenvalue weighted by Gasteiger charge is 2.38. The molecule has 31 heavy (non-hydrogen) atoms. The first kappa shape index (κ1) is 21.2. The van der Waals surface area contributed by atoms with Gasteiger partial charge in [-0.05, 0) is 49.7 Å². The Morgan fingerprint density at radius 2 is 1.81 bits per heavy atom. The first-order valence-corrected chi connectivity index (χ1v) is 11.8. The molecule has 4 heterocycles. The fourth-order valence-electron chi connectivity index (χ4n) is 5.50. The van der Waals surface area contributed by atoms with Crippen LogP contribution in [0.5, 0.6) is 5.75 Å². The lowest BCUT2D eigenvalue weighted by atomic mass is 9.82. The van der Waals surface area contributed by atoms with Crippen LogP contribution in [0, 0.1) is 0 Å². The van der Waals surface area contributed by atoms with Crippen molar-refractivity contribution in [1.82, 2.24) is 10.2 Å². The summed E-state index contributed by atoms with van der Waals surface area (Å²) >= 11 is 0. The van der Waals surface area contributed by atoms with Gasteiger partial charge in [0.05, 0.1) is 38.6 Å². The van der Waals surface area contributed by atoms with Gasteiger partial charge >= 0.3 is 0 Å². The standard InChI is InChI=1S/C24H34N2O5/c27-24(23-16-28-13-14-30-23)25-20-9-10-26-11-12-29-22-4-2-1-3-19(22)17-5-7-18(8-6-17)31-15-21(20)26/h1-4,17-18,20-21,23H,5-16H2,(H,25,27)/t17?,18?,20-,21?,23?/m0/s1. The number of fused-ring (bicyclic) bond motifs is 5. The van der Waals surface area contributed by atoms with Gasteiger partial charge in [-0.15, -0.1) is 0 Å². The van der Waals surface area contributed by atoms with Crippen molar-refractivity contribution >= 4 is 5.91 Å². The zero-order valence-corrected chi connectivity index (χ0v) is 18.2. The molecule has 2 unspecified atom stereocenters. The number of hydrogen-bond donors (Lipinski definition) is 1. The maximum Gasteiger partial charge on any atom is 0.251 e. The number of amides is 1. The van der Waals surface area contributed by atoms with E-state index in [0.717, 1.165) is 50.9 Å².